The summed E-state index contributed by atoms with van der Waals surface area (Å²) in [7, 11) is 0. The van der Waals surface area contributed by atoms with Crippen molar-refractivity contribution in [1.29, 1.82) is 0 Å². The van der Waals surface area contributed by atoms with E-state index in [1.165, 1.54) is 6.20 Å². The number of hydrogen-bond donors (Lipinski definition) is 2. The van der Waals surface area contributed by atoms with E-state index in [1.807, 2.05) is 25.1 Å². The molecule has 0 atom stereocenters. The second-order valence-corrected chi connectivity index (χ2v) is 5.28. The van der Waals surface area contributed by atoms with Crippen LogP contribution in [0, 0.1) is 6.92 Å². The van der Waals surface area contributed by atoms with Gasteiger partial charge >= 0.3 is 0 Å². The van der Waals surface area contributed by atoms with E-state index in [9.17, 15) is 9.59 Å². The number of aryl methyl sites for hydroxylation is 1. The molecule has 0 bridgehead atoms. The molecule has 2 amide bonds. The van der Waals surface area contributed by atoms with Gasteiger partial charge in [-0.25, -0.2) is 0 Å². The number of pyridine rings is 1. The minimum atomic E-state index is -0.590. The Labute approximate surface area is 133 Å². The molecule has 2 aromatic carbocycles. The number of benzene rings is 2. The van der Waals surface area contributed by atoms with Gasteiger partial charge in [-0.3, -0.25) is 14.6 Å². The number of nitrogens with two attached hydrogens (primary N) is 1. The predicted molar refractivity (Wildman–Crippen MR) is 89.4 cm³/mol. The SMILES string of the molecule is Cc1ccc2c(C(=O)Nc3ccccc3C(N)=O)cncc2c1. The highest BCUT2D eigenvalue weighted by Crippen LogP contribution is 2.21. The number of primary amides is 1. The highest BCUT2D eigenvalue weighted by Gasteiger charge is 2.14. The van der Waals surface area contributed by atoms with Gasteiger partial charge in [0.25, 0.3) is 11.8 Å². The zero-order valence-electron chi connectivity index (χ0n) is 12.5. The van der Waals surface area contributed by atoms with Crippen LogP contribution in [-0.2, 0) is 0 Å². The minimum absolute atomic E-state index is 0.268. The van der Waals surface area contributed by atoms with E-state index in [-0.39, 0.29) is 11.5 Å². The van der Waals surface area contributed by atoms with Crippen molar-refractivity contribution in [3.8, 4) is 0 Å². The van der Waals surface area contributed by atoms with Gasteiger partial charge in [0.15, 0.2) is 0 Å². The summed E-state index contributed by atoms with van der Waals surface area (Å²) in [5.74, 6) is -0.923. The topological polar surface area (TPSA) is 85.1 Å². The molecule has 0 aliphatic carbocycles. The summed E-state index contributed by atoms with van der Waals surface area (Å²) < 4.78 is 0. The quantitative estimate of drug-likeness (QED) is 0.780. The number of carbonyl (C=O) groups excluding carboxylic acids is 2. The van der Waals surface area contributed by atoms with Gasteiger partial charge in [0.1, 0.15) is 0 Å². The molecule has 0 radical (unpaired) electrons. The van der Waals surface area contributed by atoms with Crippen LogP contribution in [0.4, 0.5) is 5.69 Å². The van der Waals surface area contributed by atoms with Crippen LogP contribution in [0.15, 0.2) is 54.9 Å². The van der Waals surface area contributed by atoms with Crippen molar-refractivity contribution in [2.24, 2.45) is 5.73 Å². The normalized spacial score (nSPS) is 10.5. The largest absolute Gasteiger partial charge is 0.366 e. The number of rotatable bonds is 3. The molecule has 0 aliphatic rings. The Kier molecular flexibility index (Phi) is 3.76. The Bertz CT molecular complexity index is 919. The molecule has 1 heterocycles. The Morgan fingerprint density at radius 1 is 1.04 bits per heavy atom. The first-order valence-electron chi connectivity index (χ1n) is 7.11. The van der Waals surface area contributed by atoms with Crippen molar-refractivity contribution in [1.82, 2.24) is 4.98 Å². The molecule has 114 valence electrons. The highest BCUT2D eigenvalue weighted by atomic mass is 16.2. The summed E-state index contributed by atoms with van der Waals surface area (Å²) in [6.45, 7) is 1.98. The Hall–Kier alpha value is -3.21. The van der Waals surface area contributed by atoms with Crippen molar-refractivity contribution in [2.75, 3.05) is 5.32 Å². The third-order valence-corrected chi connectivity index (χ3v) is 3.60. The average molecular weight is 305 g/mol. The summed E-state index contributed by atoms with van der Waals surface area (Å²) in [6, 6.07) is 12.4. The molecule has 0 unspecified atom stereocenters. The number of fused-ring (bicyclic) bond motifs is 1. The summed E-state index contributed by atoms with van der Waals surface area (Å²) in [5.41, 5.74) is 7.52. The molecular formula is C18H15N3O2. The van der Waals surface area contributed by atoms with Crippen molar-refractivity contribution >= 4 is 28.3 Å². The van der Waals surface area contributed by atoms with Gasteiger partial charge in [0.2, 0.25) is 0 Å². The lowest BCUT2D eigenvalue weighted by atomic mass is 10.0. The second-order valence-electron chi connectivity index (χ2n) is 5.28. The number of para-hydroxylation sites is 1. The fourth-order valence-electron chi connectivity index (χ4n) is 2.47. The number of nitrogens with one attached hydrogen (secondary N) is 1. The molecule has 5 heteroatoms. The van der Waals surface area contributed by atoms with Crippen LogP contribution in [0.1, 0.15) is 26.3 Å². The molecular weight excluding hydrogens is 290 g/mol. The Balaban J connectivity index is 2.01. The Morgan fingerprint density at radius 2 is 1.83 bits per heavy atom. The fourth-order valence-corrected chi connectivity index (χ4v) is 2.47. The van der Waals surface area contributed by atoms with Gasteiger partial charge in [0, 0.05) is 17.8 Å². The Morgan fingerprint density at radius 3 is 2.61 bits per heavy atom. The van der Waals surface area contributed by atoms with Crippen LogP contribution in [0.3, 0.4) is 0 Å². The van der Waals surface area contributed by atoms with Crippen LogP contribution < -0.4 is 11.1 Å². The summed E-state index contributed by atoms with van der Waals surface area (Å²) >= 11 is 0. The average Bonchev–Trinajstić information content (AvgIpc) is 2.54. The second kappa shape index (κ2) is 5.88. The number of hydrogen-bond acceptors (Lipinski definition) is 3. The van der Waals surface area contributed by atoms with E-state index < -0.39 is 5.91 Å². The number of amides is 2. The standard InChI is InChI=1S/C18H15N3O2/c1-11-6-7-13-12(8-11)9-20-10-15(13)18(23)21-16-5-3-2-4-14(16)17(19)22/h2-10H,1H3,(H2,19,22)(H,21,23). The van der Waals surface area contributed by atoms with Crippen molar-refractivity contribution in [3.63, 3.8) is 0 Å². The fraction of sp³-hybridized carbons (Fsp3) is 0.0556. The summed E-state index contributed by atoms with van der Waals surface area (Å²) in [5, 5.41) is 4.43. The van der Waals surface area contributed by atoms with Crippen LogP contribution in [0.5, 0.6) is 0 Å². The zero-order chi connectivity index (χ0) is 16.4. The van der Waals surface area contributed by atoms with Crippen molar-refractivity contribution < 1.29 is 9.59 Å². The maximum absolute atomic E-state index is 12.6. The summed E-state index contributed by atoms with van der Waals surface area (Å²) in [6.07, 6.45) is 3.23. The molecule has 5 nitrogen and oxygen atoms in total. The molecule has 3 N–H and O–H groups in total. The zero-order valence-corrected chi connectivity index (χ0v) is 12.5. The van der Waals surface area contributed by atoms with E-state index in [2.05, 4.69) is 10.3 Å². The van der Waals surface area contributed by atoms with E-state index in [0.717, 1.165) is 16.3 Å². The third kappa shape index (κ3) is 2.89. The maximum Gasteiger partial charge on any atom is 0.257 e. The predicted octanol–water partition coefficient (Wildman–Crippen LogP) is 2.89. The maximum atomic E-state index is 12.6. The van der Waals surface area contributed by atoms with E-state index in [0.29, 0.717) is 11.3 Å². The number of nitrogens with zero attached hydrogens (tertiary/aromatic N) is 1. The molecule has 0 spiro atoms. The monoisotopic (exact) mass is 305 g/mol. The molecule has 0 fully saturated rings. The molecule has 1 aromatic heterocycles. The lowest BCUT2D eigenvalue weighted by Gasteiger charge is -2.10. The molecule has 0 saturated heterocycles. The van der Waals surface area contributed by atoms with Gasteiger partial charge in [-0.1, -0.05) is 29.8 Å². The lowest BCUT2D eigenvalue weighted by Crippen LogP contribution is -2.18. The van der Waals surface area contributed by atoms with Gasteiger partial charge in [0.05, 0.1) is 16.8 Å². The number of aromatic nitrogens is 1. The van der Waals surface area contributed by atoms with Gasteiger partial charge in [-0.15, -0.1) is 0 Å². The van der Waals surface area contributed by atoms with Crippen LogP contribution in [0.2, 0.25) is 0 Å². The van der Waals surface area contributed by atoms with E-state index in [4.69, 9.17) is 5.73 Å². The van der Waals surface area contributed by atoms with Crippen LogP contribution >= 0.6 is 0 Å². The molecule has 3 rings (SSSR count). The number of anilines is 1. The van der Waals surface area contributed by atoms with Crippen molar-refractivity contribution in [2.45, 2.75) is 6.92 Å². The molecule has 3 aromatic rings. The van der Waals surface area contributed by atoms with E-state index in [1.54, 1.807) is 30.5 Å². The molecule has 0 saturated carbocycles. The van der Waals surface area contributed by atoms with Crippen molar-refractivity contribution in [3.05, 3.63) is 71.5 Å². The molecule has 23 heavy (non-hydrogen) atoms. The minimum Gasteiger partial charge on any atom is -0.366 e. The smallest absolute Gasteiger partial charge is 0.257 e. The first kappa shape index (κ1) is 14.7. The third-order valence-electron chi connectivity index (χ3n) is 3.60. The van der Waals surface area contributed by atoms with E-state index >= 15 is 0 Å². The van der Waals surface area contributed by atoms with Crippen LogP contribution in [0.25, 0.3) is 10.8 Å². The first-order chi connectivity index (χ1) is 11.1. The highest BCUT2D eigenvalue weighted by molar-refractivity contribution is 6.14. The van der Waals surface area contributed by atoms with Gasteiger partial charge in [-0.05, 0) is 30.5 Å². The van der Waals surface area contributed by atoms with Crippen LogP contribution in [-0.4, -0.2) is 16.8 Å². The number of carbonyl (C=O) groups is 2. The van der Waals surface area contributed by atoms with Gasteiger partial charge < -0.3 is 11.1 Å². The lowest BCUT2D eigenvalue weighted by molar-refractivity contribution is 0.100. The van der Waals surface area contributed by atoms with Gasteiger partial charge in [-0.2, -0.15) is 0 Å². The molecule has 0 aliphatic heterocycles. The first-order valence-corrected chi connectivity index (χ1v) is 7.11. The summed E-state index contributed by atoms with van der Waals surface area (Å²) in [4.78, 5) is 28.2.